The van der Waals surface area contributed by atoms with E-state index in [4.69, 9.17) is 4.74 Å². The van der Waals surface area contributed by atoms with Crippen LogP contribution in [-0.2, 0) is 0 Å². The largest absolute Gasteiger partial charge is 0.497 e. The van der Waals surface area contributed by atoms with Crippen molar-refractivity contribution in [3.05, 3.63) is 59.4 Å². The smallest absolute Gasteiger partial charge is 0.295 e. The molecular weight excluding hydrogens is 394 g/mol. The summed E-state index contributed by atoms with van der Waals surface area (Å²) in [5.41, 5.74) is 1.70. The normalized spacial score (nSPS) is 14.4. The molecule has 3 aromatic rings. The monoisotopic (exact) mass is 414 g/mol. The highest BCUT2D eigenvalue weighted by Crippen LogP contribution is 2.22. The zero-order valence-corrected chi connectivity index (χ0v) is 16.3. The number of hydrogen-bond acceptors (Lipinski definition) is 4. The fourth-order valence-corrected chi connectivity index (χ4v) is 3.50. The maximum atomic E-state index is 12.8. The van der Waals surface area contributed by atoms with Crippen LogP contribution in [0.2, 0.25) is 0 Å². The summed E-state index contributed by atoms with van der Waals surface area (Å²) in [6.07, 6.45) is -2.70. The molecule has 7 nitrogen and oxygen atoms in total. The van der Waals surface area contributed by atoms with Gasteiger partial charge in [-0.05, 0) is 36.4 Å². The molecule has 30 heavy (non-hydrogen) atoms. The molecule has 0 aliphatic carbocycles. The first kappa shape index (κ1) is 19.8. The molecule has 0 saturated carbocycles. The molecule has 0 spiro atoms. The number of carbonyl (C=O) groups is 2. The first-order valence-corrected chi connectivity index (χ1v) is 9.46. The third kappa shape index (κ3) is 3.83. The molecule has 0 unspecified atom stereocenters. The summed E-state index contributed by atoms with van der Waals surface area (Å²) < 4.78 is 30.8. The molecule has 4 rings (SSSR count). The van der Waals surface area contributed by atoms with Crippen molar-refractivity contribution in [3.8, 4) is 5.75 Å². The molecule has 2 amide bonds. The number of nitrogens with zero attached hydrogens (tertiary/aromatic N) is 3. The van der Waals surface area contributed by atoms with E-state index in [1.807, 2.05) is 0 Å². The Morgan fingerprint density at radius 1 is 1.00 bits per heavy atom. The number of hydrogen-bond donors (Lipinski definition) is 1. The molecule has 0 radical (unpaired) electrons. The second-order valence-corrected chi connectivity index (χ2v) is 6.97. The Labute approximate surface area is 171 Å². The van der Waals surface area contributed by atoms with Gasteiger partial charge in [-0.2, -0.15) is 0 Å². The lowest BCUT2D eigenvalue weighted by molar-refractivity contribution is 0.0535. The fourth-order valence-electron chi connectivity index (χ4n) is 3.50. The van der Waals surface area contributed by atoms with Crippen molar-refractivity contribution in [2.45, 2.75) is 6.43 Å². The number of piperazine rings is 1. The van der Waals surface area contributed by atoms with Crippen molar-refractivity contribution >= 4 is 22.8 Å². The molecular formula is C21H20F2N4O3. The second-order valence-electron chi connectivity index (χ2n) is 6.97. The third-order valence-electron chi connectivity index (χ3n) is 5.12. The number of carbonyl (C=O) groups excluding carboxylic acids is 2. The van der Waals surface area contributed by atoms with Crippen LogP contribution in [0, 0.1) is 0 Å². The van der Waals surface area contributed by atoms with Crippen LogP contribution in [0.4, 0.5) is 8.78 Å². The molecule has 0 atom stereocenters. The van der Waals surface area contributed by atoms with Crippen LogP contribution >= 0.6 is 0 Å². The van der Waals surface area contributed by atoms with Crippen molar-refractivity contribution in [2.24, 2.45) is 0 Å². The number of aromatic nitrogens is 2. The molecule has 1 aromatic heterocycles. The van der Waals surface area contributed by atoms with Crippen LogP contribution in [-0.4, -0.2) is 64.9 Å². The Morgan fingerprint density at radius 2 is 1.63 bits per heavy atom. The standard InChI is InChI=1S/C21H20F2N4O3/c1-30-15-4-2-3-13(11-15)20(28)26-7-9-27(10-8-26)21(29)14-5-6-16-17(12-14)25-19(24-16)18(22)23/h2-6,11-12,18H,7-10H2,1H3,(H,24,25). The number of rotatable bonds is 4. The third-order valence-corrected chi connectivity index (χ3v) is 5.12. The number of ether oxygens (including phenoxy) is 1. The second kappa shape index (κ2) is 8.10. The van der Waals surface area contributed by atoms with E-state index in [1.165, 1.54) is 6.07 Å². The molecule has 1 saturated heterocycles. The van der Waals surface area contributed by atoms with Crippen molar-refractivity contribution in [1.29, 1.82) is 0 Å². The Bertz CT molecular complexity index is 1090. The maximum Gasteiger partial charge on any atom is 0.295 e. The van der Waals surface area contributed by atoms with Crippen LogP contribution in [0.5, 0.6) is 5.75 Å². The fraction of sp³-hybridized carbons (Fsp3) is 0.286. The van der Waals surface area contributed by atoms with Gasteiger partial charge in [0.05, 0.1) is 18.1 Å². The van der Waals surface area contributed by atoms with Gasteiger partial charge in [-0.25, -0.2) is 13.8 Å². The van der Waals surface area contributed by atoms with Gasteiger partial charge in [0.1, 0.15) is 5.75 Å². The summed E-state index contributed by atoms with van der Waals surface area (Å²) in [6.45, 7) is 1.59. The Hall–Kier alpha value is -3.49. The molecule has 1 N–H and O–H groups in total. The number of benzene rings is 2. The Kier molecular flexibility index (Phi) is 5.35. The van der Waals surface area contributed by atoms with Crippen molar-refractivity contribution < 1.29 is 23.1 Å². The van der Waals surface area contributed by atoms with E-state index in [1.54, 1.807) is 53.3 Å². The molecule has 0 bridgehead atoms. The van der Waals surface area contributed by atoms with E-state index >= 15 is 0 Å². The van der Waals surface area contributed by atoms with Crippen LogP contribution in [0.25, 0.3) is 11.0 Å². The number of amides is 2. The number of imidazole rings is 1. The van der Waals surface area contributed by atoms with E-state index in [-0.39, 0.29) is 11.8 Å². The Balaban J connectivity index is 1.42. The minimum atomic E-state index is -2.70. The number of H-pyrrole nitrogens is 1. The van der Waals surface area contributed by atoms with E-state index in [9.17, 15) is 18.4 Å². The molecule has 156 valence electrons. The number of aromatic amines is 1. The number of halogens is 2. The van der Waals surface area contributed by atoms with E-state index in [0.29, 0.717) is 54.1 Å². The summed E-state index contributed by atoms with van der Waals surface area (Å²) in [5.74, 6) is -0.129. The van der Waals surface area contributed by atoms with Gasteiger partial charge in [0.25, 0.3) is 18.2 Å². The number of methoxy groups -OCH3 is 1. The van der Waals surface area contributed by atoms with Crippen LogP contribution in [0.3, 0.4) is 0 Å². The molecule has 1 aliphatic rings. The van der Waals surface area contributed by atoms with Gasteiger partial charge in [-0.1, -0.05) is 6.07 Å². The summed E-state index contributed by atoms with van der Waals surface area (Å²) in [6, 6.07) is 11.6. The lowest BCUT2D eigenvalue weighted by atomic mass is 10.1. The quantitative estimate of drug-likeness (QED) is 0.712. The van der Waals surface area contributed by atoms with Crippen LogP contribution in [0.15, 0.2) is 42.5 Å². The highest BCUT2D eigenvalue weighted by atomic mass is 19.3. The number of nitrogens with one attached hydrogen (secondary N) is 1. The number of alkyl halides is 2. The zero-order valence-electron chi connectivity index (χ0n) is 16.3. The van der Waals surface area contributed by atoms with Crippen molar-refractivity contribution in [3.63, 3.8) is 0 Å². The summed E-state index contributed by atoms with van der Waals surface area (Å²) in [5, 5.41) is 0. The topological polar surface area (TPSA) is 78.5 Å². The molecule has 1 aliphatic heterocycles. The lowest BCUT2D eigenvalue weighted by Crippen LogP contribution is -2.50. The zero-order chi connectivity index (χ0) is 21.3. The molecule has 2 heterocycles. The van der Waals surface area contributed by atoms with E-state index in [2.05, 4.69) is 9.97 Å². The van der Waals surface area contributed by atoms with E-state index in [0.717, 1.165) is 0 Å². The summed E-state index contributed by atoms with van der Waals surface area (Å²) >= 11 is 0. The summed E-state index contributed by atoms with van der Waals surface area (Å²) in [4.78, 5) is 35.3. The van der Waals surface area contributed by atoms with Gasteiger partial charge in [-0.15, -0.1) is 0 Å². The van der Waals surface area contributed by atoms with E-state index < -0.39 is 12.2 Å². The van der Waals surface area contributed by atoms with Crippen molar-refractivity contribution in [1.82, 2.24) is 19.8 Å². The molecule has 2 aromatic carbocycles. The highest BCUT2D eigenvalue weighted by molar-refractivity contribution is 5.98. The minimum Gasteiger partial charge on any atom is -0.497 e. The van der Waals surface area contributed by atoms with Gasteiger partial charge in [-0.3, -0.25) is 9.59 Å². The molecule has 9 heteroatoms. The van der Waals surface area contributed by atoms with Crippen LogP contribution in [0.1, 0.15) is 33.0 Å². The summed E-state index contributed by atoms with van der Waals surface area (Å²) in [7, 11) is 1.54. The van der Waals surface area contributed by atoms with Gasteiger partial charge in [0, 0.05) is 37.3 Å². The SMILES string of the molecule is COc1cccc(C(=O)N2CCN(C(=O)c3ccc4nc(C(F)F)[nH]c4c3)CC2)c1. The highest BCUT2D eigenvalue weighted by Gasteiger charge is 2.26. The van der Waals surface area contributed by atoms with Gasteiger partial charge in [0.15, 0.2) is 5.82 Å². The van der Waals surface area contributed by atoms with Crippen molar-refractivity contribution in [2.75, 3.05) is 33.3 Å². The van der Waals surface area contributed by atoms with Gasteiger partial charge < -0.3 is 19.5 Å². The average molecular weight is 414 g/mol. The van der Waals surface area contributed by atoms with Crippen LogP contribution < -0.4 is 4.74 Å². The predicted molar refractivity (Wildman–Crippen MR) is 106 cm³/mol. The predicted octanol–water partition coefficient (Wildman–Crippen LogP) is 3.11. The van der Waals surface area contributed by atoms with Gasteiger partial charge in [0.2, 0.25) is 0 Å². The average Bonchev–Trinajstić information content (AvgIpc) is 3.22. The first-order valence-electron chi connectivity index (χ1n) is 9.46. The minimum absolute atomic E-state index is 0.112. The number of fused-ring (bicyclic) bond motifs is 1. The molecule has 1 fully saturated rings. The first-order chi connectivity index (χ1) is 14.5. The van der Waals surface area contributed by atoms with Gasteiger partial charge >= 0.3 is 0 Å². The lowest BCUT2D eigenvalue weighted by Gasteiger charge is -2.35. The maximum absolute atomic E-state index is 12.8. The Morgan fingerprint density at radius 3 is 2.23 bits per heavy atom.